The molecule has 1 aromatic carbocycles. The average molecular weight is 284 g/mol. The van der Waals surface area contributed by atoms with Gasteiger partial charge in [-0.05, 0) is 17.7 Å². The molecule has 6 nitrogen and oxygen atoms in total. The summed E-state index contributed by atoms with van der Waals surface area (Å²) in [7, 11) is -3.50. The largest absolute Gasteiger partial charge is 0.387 e. The second-order valence-electron chi connectivity index (χ2n) is 4.09. The van der Waals surface area contributed by atoms with Crippen LogP contribution >= 0.6 is 0 Å². The molecule has 7 heteroatoms. The summed E-state index contributed by atoms with van der Waals surface area (Å²) in [6.07, 6.45) is 0.364. The van der Waals surface area contributed by atoms with Crippen molar-refractivity contribution in [3.63, 3.8) is 0 Å². The fourth-order valence-corrected chi connectivity index (χ4v) is 2.93. The normalized spacial score (nSPS) is 11.5. The van der Waals surface area contributed by atoms with E-state index in [1.165, 1.54) is 4.31 Å². The van der Waals surface area contributed by atoms with Gasteiger partial charge in [0.15, 0.2) is 0 Å². The van der Waals surface area contributed by atoms with Crippen LogP contribution in [-0.4, -0.2) is 31.6 Å². The number of nitrogens with two attached hydrogens (primary N) is 1. The molecule has 0 bridgehead atoms. The van der Waals surface area contributed by atoms with Gasteiger partial charge in [-0.25, -0.2) is 0 Å². The van der Waals surface area contributed by atoms with Crippen molar-refractivity contribution in [2.24, 2.45) is 5.73 Å². The molecule has 0 aromatic heterocycles. The Morgan fingerprint density at radius 1 is 1.26 bits per heavy atom. The van der Waals surface area contributed by atoms with Crippen molar-refractivity contribution in [3.8, 4) is 0 Å². The van der Waals surface area contributed by atoms with E-state index in [1.54, 1.807) is 38.1 Å². The highest BCUT2D eigenvalue weighted by molar-refractivity contribution is 7.90. The third-order valence-corrected chi connectivity index (χ3v) is 4.33. The fraction of sp³-hybridized carbons (Fsp3) is 0.417. The highest BCUT2D eigenvalue weighted by Gasteiger charge is 2.17. The molecule has 0 fully saturated rings. The highest BCUT2D eigenvalue weighted by Crippen LogP contribution is 2.13. The van der Waals surface area contributed by atoms with Crippen LogP contribution in [0.2, 0.25) is 0 Å². The van der Waals surface area contributed by atoms with Crippen LogP contribution in [0.3, 0.4) is 0 Å². The van der Waals surface area contributed by atoms with Gasteiger partial charge in [0.2, 0.25) is 0 Å². The number of nitrogens with zero attached hydrogens (tertiary/aromatic N) is 1. The van der Waals surface area contributed by atoms with Gasteiger partial charge in [0.25, 0.3) is 0 Å². The van der Waals surface area contributed by atoms with Gasteiger partial charge in [0.1, 0.15) is 0 Å². The zero-order chi connectivity index (χ0) is 14.5. The molecule has 0 aliphatic heterocycles. The van der Waals surface area contributed by atoms with Gasteiger partial charge in [0.05, 0.1) is 5.84 Å². The molecule has 0 saturated heterocycles. The van der Waals surface area contributed by atoms with Crippen molar-refractivity contribution in [3.05, 3.63) is 29.8 Å². The molecule has 4 N–H and O–H groups in total. The molecule has 106 valence electrons. The molecular weight excluding hydrogens is 264 g/mol. The van der Waals surface area contributed by atoms with Crippen molar-refractivity contribution < 1.29 is 8.42 Å². The zero-order valence-corrected chi connectivity index (χ0v) is 12.0. The van der Waals surface area contributed by atoms with Crippen LogP contribution in [0, 0.1) is 5.41 Å². The molecule has 0 radical (unpaired) electrons. The quantitative estimate of drug-likeness (QED) is 0.517. The van der Waals surface area contributed by atoms with Crippen LogP contribution in [-0.2, 0) is 16.6 Å². The molecule has 19 heavy (non-hydrogen) atoms. The Kier molecular flexibility index (Phi) is 5.31. The summed E-state index contributed by atoms with van der Waals surface area (Å²) in [6.45, 7) is 4.43. The van der Waals surface area contributed by atoms with Crippen LogP contribution in [0.4, 0.5) is 5.69 Å². The molecule has 0 atom stereocenters. The maximum Gasteiger partial charge on any atom is 0.301 e. The van der Waals surface area contributed by atoms with Gasteiger partial charge < -0.3 is 5.73 Å². The Hall–Kier alpha value is -1.60. The van der Waals surface area contributed by atoms with E-state index in [0.717, 1.165) is 5.56 Å². The van der Waals surface area contributed by atoms with Crippen molar-refractivity contribution >= 4 is 21.7 Å². The van der Waals surface area contributed by atoms with Gasteiger partial charge in [-0.1, -0.05) is 26.0 Å². The molecule has 0 spiro atoms. The predicted molar refractivity (Wildman–Crippen MR) is 77.5 cm³/mol. The van der Waals surface area contributed by atoms with Gasteiger partial charge in [-0.3, -0.25) is 10.1 Å². The molecule has 1 aromatic rings. The van der Waals surface area contributed by atoms with Crippen LogP contribution in [0.1, 0.15) is 19.4 Å². The van der Waals surface area contributed by atoms with E-state index in [-0.39, 0.29) is 5.84 Å². The SMILES string of the molecule is CCN(CC)S(=O)(=O)Nc1ccc(CC(=N)N)cc1. The van der Waals surface area contributed by atoms with E-state index >= 15 is 0 Å². The highest BCUT2D eigenvalue weighted by atomic mass is 32.2. The number of hydrogen-bond donors (Lipinski definition) is 3. The van der Waals surface area contributed by atoms with Crippen LogP contribution in [0.25, 0.3) is 0 Å². The number of benzene rings is 1. The summed E-state index contributed by atoms with van der Waals surface area (Å²) in [4.78, 5) is 0. The number of hydrogen-bond acceptors (Lipinski definition) is 3. The lowest BCUT2D eigenvalue weighted by Gasteiger charge is -2.19. The van der Waals surface area contributed by atoms with Crippen molar-refractivity contribution in [2.75, 3.05) is 17.8 Å². The first-order valence-corrected chi connectivity index (χ1v) is 7.52. The number of rotatable bonds is 7. The third kappa shape index (κ3) is 4.53. The monoisotopic (exact) mass is 284 g/mol. The first-order valence-electron chi connectivity index (χ1n) is 6.08. The lowest BCUT2D eigenvalue weighted by Crippen LogP contribution is -2.35. The molecule has 0 aliphatic rings. The standard InChI is InChI=1S/C12H20N4O2S/c1-3-16(4-2)19(17,18)15-11-7-5-10(6-8-11)9-12(13)14/h5-8,15H,3-4,9H2,1-2H3,(H3,13,14). The molecule has 1 rings (SSSR count). The molecule has 0 saturated carbocycles. The first kappa shape index (κ1) is 15.5. The number of nitrogens with one attached hydrogen (secondary N) is 2. The molecule has 0 amide bonds. The second kappa shape index (κ2) is 6.53. The van der Waals surface area contributed by atoms with Gasteiger partial charge in [-0.15, -0.1) is 0 Å². The van der Waals surface area contributed by atoms with E-state index in [2.05, 4.69) is 4.72 Å². The minimum Gasteiger partial charge on any atom is -0.387 e. The van der Waals surface area contributed by atoms with Gasteiger partial charge >= 0.3 is 10.2 Å². The summed E-state index contributed by atoms with van der Waals surface area (Å²) < 4.78 is 27.8. The maximum atomic E-state index is 12.0. The Bertz CT molecular complexity index is 521. The van der Waals surface area contributed by atoms with E-state index in [4.69, 9.17) is 11.1 Å². The number of anilines is 1. The van der Waals surface area contributed by atoms with Gasteiger partial charge in [0, 0.05) is 25.2 Å². The topological polar surface area (TPSA) is 99.3 Å². The Labute approximate surface area is 114 Å². The van der Waals surface area contributed by atoms with Crippen molar-refractivity contribution in [2.45, 2.75) is 20.3 Å². The Morgan fingerprint density at radius 2 is 1.79 bits per heavy atom. The fourth-order valence-electron chi connectivity index (χ4n) is 1.69. The Morgan fingerprint density at radius 3 is 2.21 bits per heavy atom. The summed E-state index contributed by atoms with van der Waals surface area (Å²) >= 11 is 0. The predicted octanol–water partition coefficient (Wildman–Crippen LogP) is 1.16. The lowest BCUT2D eigenvalue weighted by atomic mass is 10.1. The summed E-state index contributed by atoms with van der Waals surface area (Å²) in [5, 5.41) is 7.20. The minimum absolute atomic E-state index is 0.0801. The third-order valence-electron chi connectivity index (χ3n) is 2.64. The summed E-state index contributed by atoms with van der Waals surface area (Å²) in [5.41, 5.74) is 6.68. The molecule has 0 heterocycles. The maximum absolute atomic E-state index is 12.0. The lowest BCUT2D eigenvalue weighted by molar-refractivity contribution is 0.449. The first-order chi connectivity index (χ1) is 8.89. The summed E-state index contributed by atoms with van der Waals surface area (Å²) in [5.74, 6) is 0.0801. The molecular formula is C12H20N4O2S. The van der Waals surface area contributed by atoms with Crippen LogP contribution in [0.15, 0.2) is 24.3 Å². The average Bonchev–Trinajstić information content (AvgIpc) is 2.31. The van der Waals surface area contributed by atoms with Crippen LogP contribution < -0.4 is 10.5 Å². The Balaban J connectivity index is 2.80. The number of amidine groups is 1. The van der Waals surface area contributed by atoms with E-state index in [1.807, 2.05) is 0 Å². The second-order valence-corrected chi connectivity index (χ2v) is 5.76. The molecule has 0 aliphatic carbocycles. The summed E-state index contributed by atoms with van der Waals surface area (Å²) in [6, 6.07) is 6.83. The van der Waals surface area contributed by atoms with Crippen molar-refractivity contribution in [1.29, 1.82) is 5.41 Å². The molecule has 0 unspecified atom stereocenters. The van der Waals surface area contributed by atoms with E-state index < -0.39 is 10.2 Å². The minimum atomic E-state index is -3.50. The van der Waals surface area contributed by atoms with Crippen LogP contribution in [0.5, 0.6) is 0 Å². The van der Waals surface area contributed by atoms with Crippen molar-refractivity contribution in [1.82, 2.24) is 4.31 Å². The van der Waals surface area contributed by atoms with E-state index in [9.17, 15) is 8.42 Å². The zero-order valence-electron chi connectivity index (χ0n) is 11.2. The smallest absolute Gasteiger partial charge is 0.301 e. The van der Waals surface area contributed by atoms with E-state index in [0.29, 0.717) is 25.2 Å². The van der Waals surface area contributed by atoms with Gasteiger partial charge in [-0.2, -0.15) is 12.7 Å².